The van der Waals surface area contributed by atoms with Crippen LogP contribution in [0.15, 0.2) is 47.4 Å². The first-order chi connectivity index (χ1) is 15.1. The van der Waals surface area contributed by atoms with Crippen LogP contribution in [0.1, 0.15) is 12.8 Å². The lowest BCUT2D eigenvalue weighted by Crippen LogP contribution is -2.23. The molecule has 0 saturated heterocycles. The summed E-state index contributed by atoms with van der Waals surface area (Å²) in [5.41, 5.74) is 0.212. The van der Waals surface area contributed by atoms with Gasteiger partial charge >= 0.3 is 5.97 Å². The van der Waals surface area contributed by atoms with E-state index in [9.17, 15) is 18.0 Å². The fourth-order valence-electron chi connectivity index (χ4n) is 2.47. The Morgan fingerprint density at radius 2 is 1.72 bits per heavy atom. The average molecular weight is 485 g/mol. The highest BCUT2D eigenvalue weighted by molar-refractivity contribution is 7.89. The summed E-state index contributed by atoms with van der Waals surface area (Å²) in [6, 6.07) is 11.1. The number of amides is 1. The van der Waals surface area contributed by atoms with Crippen molar-refractivity contribution in [2.24, 2.45) is 0 Å². The van der Waals surface area contributed by atoms with Crippen molar-refractivity contribution in [2.75, 3.05) is 39.7 Å². The van der Waals surface area contributed by atoms with Crippen LogP contribution in [0, 0.1) is 0 Å². The van der Waals surface area contributed by atoms with E-state index >= 15 is 0 Å². The van der Waals surface area contributed by atoms with E-state index in [2.05, 4.69) is 5.32 Å². The van der Waals surface area contributed by atoms with E-state index in [0.29, 0.717) is 24.5 Å². The van der Waals surface area contributed by atoms with Gasteiger partial charge in [0.05, 0.1) is 18.7 Å². The van der Waals surface area contributed by atoms with Gasteiger partial charge in [-0.05, 0) is 48.9 Å². The molecule has 1 N–H and O–H groups in total. The van der Waals surface area contributed by atoms with Gasteiger partial charge in [0.15, 0.2) is 6.61 Å². The molecule has 0 heterocycles. The number of carbonyl (C=O) groups excluding carboxylic acids is 2. The number of hydrogen-bond acceptors (Lipinski definition) is 7. The minimum atomic E-state index is -3.78. The standard InChI is InChI=1S/C21H25ClN2O7S/c1-24(2)32(27,28)19-13-15(6-11-18(19)22)23-20(25)14-31-21(26)5-4-12-30-17-9-7-16(29-3)8-10-17/h6-11,13H,4-5,12,14H2,1-3H3,(H,23,25). The summed E-state index contributed by atoms with van der Waals surface area (Å²) >= 11 is 5.97. The molecule has 0 radical (unpaired) electrons. The Hall–Kier alpha value is -2.82. The predicted molar refractivity (Wildman–Crippen MR) is 120 cm³/mol. The second kappa shape index (κ2) is 11.7. The Labute approximate surface area is 192 Å². The first-order valence-electron chi connectivity index (χ1n) is 9.58. The van der Waals surface area contributed by atoms with Crippen molar-refractivity contribution in [3.63, 3.8) is 0 Å². The van der Waals surface area contributed by atoms with Gasteiger partial charge in [0.2, 0.25) is 10.0 Å². The number of nitrogens with one attached hydrogen (secondary N) is 1. The highest BCUT2D eigenvalue weighted by Gasteiger charge is 2.21. The maximum Gasteiger partial charge on any atom is 0.306 e. The van der Waals surface area contributed by atoms with Crippen molar-refractivity contribution < 1.29 is 32.2 Å². The van der Waals surface area contributed by atoms with Gasteiger partial charge in [0.1, 0.15) is 16.4 Å². The fourth-order valence-corrected chi connectivity index (χ4v) is 3.86. The number of carbonyl (C=O) groups is 2. The summed E-state index contributed by atoms with van der Waals surface area (Å²) in [4.78, 5) is 23.7. The summed E-state index contributed by atoms with van der Waals surface area (Å²) in [6.07, 6.45) is 0.491. The van der Waals surface area contributed by atoms with Gasteiger partial charge in [0, 0.05) is 26.2 Å². The molecule has 2 rings (SSSR count). The molecule has 0 aliphatic carbocycles. The number of methoxy groups -OCH3 is 1. The largest absolute Gasteiger partial charge is 0.497 e. The minimum Gasteiger partial charge on any atom is -0.497 e. The van der Waals surface area contributed by atoms with Crippen molar-refractivity contribution >= 4 is 39.2 Å². The van der Waals surface area contributed by atoms with Crippen molar-refractivity contribution in [3.8, 4) is 11.5 Å². The predicted octanol–water partition coefficient (Wildman–Crippen LogP) is 2.94. The lowest BCUT2D eigenvalue weighted by Gasteiger charge is -2.14. The number of anilines is 1. The molecule has 2 aromatic carbocycles. The molecule has 9 nitrogen and oxygen atoms in total. The lowest BCUT2D eigenvalue weighted by molar-refractivity contribution is -0.147. The molecule has 32 heavy (non-hydrogen) atoms. The molecule has 0 bridgehead atoms. The van der Waals surface area contributed by atoms with Crippen LogP contribution in [0.3, 0.4) is 0 Å². The SMILES string of the molecule is COc1ccc(OCCCC(=O)OCC(=O)Nc2ccc(Cl)c(S(=O)(=O)N(C)C)c2)cc1. The van der Waals surface area contributed by atoms with Crippen molar-refractivity contribution in [3.05, 3.63) is 47.5 Å². The number of halogens is 1. The molecular weight excluding hydrogens is 460 g/mol. The van der Waals surface area contributed by atoms with E-state index in [-0.39, 0.29) is 22.0 Å². The number of hydrogen-bond donors (Lipinski definition) is 1. The molecule has 11 heteroatoms. The number of ether oxygens (including phenoxy) is 3. The zero-order chi connectivity index (χ0) is 23.7. The van der Waals surface area contributed by atoms with Gasteiger partial charge in [-0.15, -0.1) is 0 Å². The Bertz CT molecular complexity index is 1040. The van der Waals surface area contributed by atoms with Gasteiger partial charge in [-0.25, -0.2) is 12.7 Å². The molecule has 2 aromatic rings. The zero-order valence-corrected chi connectivity index (χ0v) is 19.5. The highest BCUT2D eigenvalue weighted by Crippen LogP contribution is 2.26. The minimum absolute atomic E-state index is 0.0278. The molecule has 174 valence electrons. The Kier molecular flexibility index (Phi) is 9.30. The van der Waals surface area contributed by atoms with Crippen LogP contribution >= 0.6 is 11.6 Å². The van der Waals surface area contributed by atoms with Gasteiger partial charge < -0.3 is 19.5 Å². The van der Waals surface area contributed by atoms with Crippen LogP contribution in [0.4, 0.5) is 5.69 Å². The molecule has 0 aliphatic heterocycles. The summed E-state index contributed by atoms with van der Waals surface area (Å²) in [6.45, 7) is -0.196. The summed E-state index contributed by atoms with van der Waals surface area (Å²) in [7, 11) is 0.539. The Morgan fingerprint density at radius 1 is 1.06 bits per heavy atom. The van der Waals surface area contributed by atoms with Crippen LogP contribution in [-0.2, 0) is 24.3 Å². The molecule has 0 aromatic heterocycles. The number of rotatable bonds is 11. The molecule has 1 amide bonds. The van der Waals surface area contributed by atoms with Crippen molar-refractivity contribution in [1.82, 2.24) is 4.31 Å². The Balaban J connectivity index is 1.76. The molecule has 0 unspecified atom stereocenters. The van der Waals surface area contributed by atoms with Crippen LogP contribution in [0.5, 0.6) is 11.5 Å². The maximum atomic E-state index is 12.3. The quantitative estimate of drug-likeness (QED) is 0.385. The number of nitrogens with zero attached hydrogens (tertiary/aromatic N) is 1. The maximum absolute atomic E-state index is 12.3. The van der Waals surface area contributed by atoms with E-state index in [0.717, 1.165) is 4.31 Å². The van der Waals surface area contributed by atoms with E-state index in [4.69, 9.17) is 25.8 Å². The van der Waals surface area contributed by atoms with Gasteiger partial charge in [0.25, 0.3) is 5.91 Å². The van der Waals surface area contributed by atoms with E-state index < -0.39 is 28.5 Å². The molecule has 0 spiro atoms. The number of sulfonamides is 1. The van der Waals surface area contributed by atoms with Gasteiger partial charge in [-0.2, -0.15) is 0 Å². The van der Waals surface area contributed by atoms with Crippen LogP contribution < -0.4 is 14.8 Å². The van der Waals surface area contributed by atoms with Crippen molar-refractivity contribution in [1.29, 1.82) is 0 Å². The van der Waals surface area contributed by atoms with E-state index in [1.54, 1.807) is 31.4 Å². The van der Waals surface area contributed by atoms with Crippen molar-refractivity contribution in [2.45, 2.75) is 17.7 Å². The smallest absolute Gasteiger partial charge is 0.306 e. The van der Waals surface area contributed by atoms with Gasteiger partial charge in [-0.3, -0.25) is 9.59 Å². The fraction of sp³-hybridized carbons (Fsp3) is 0.333. The second-order valence-electron chi connectivity index (χ2n) is 6.77. The first kappa shape index (κ1) is 25.4. The van der Waals surface area contributed by atoms with Gasteiger partial charge in [-0.1, -0.05) is 11.6 Å². The highest BCUT2D eigenvalue weighted by atomic mass is 35.5. The first-order valence-corrected chi connectivity index (χ1v) is 11.4. The summed E-state index contributed by atoms with van der Waals surface area (Å²) in [5.74, 6) is 0.208. The number of esters is 1. The lowest BCUT2D eigenvalue weighted by atomic mass is 10.3. The third kappa shape index (κ3) is 7.40. The second-order valence-corrected chi connectivity index (χ2v) is 9.30. The third-order valence-corrected chi connectivity index (χ3v) is 6.49. The normalized spacial score (nSPS) is 11.2. The Morgan fingerprint density at radius 3 is 2.34 bits per heavy atom. The molecule has 0 saturated carbocycles. The molecule has 0 atom stereocenters. The van der Waals surface area contributed by atoms with Crippen LogP contribution in [-0.4, -0.2) is 59.0 Å². The average Bonchev–Trinajstić information content (AvgIpc) is 2.76. The van der Waals surface area contributed by atoms with Crippen LogP contribution in [0.2, 0.25) is 5.02 Å². The summed E-state index contributed by atoms with van der Waals surface area (Å²) < 4.78 is 41.1. The molecule has 0 aliphatic rings. The monoisotopic (exact) mass is 484 g/mol. The summed E-state index contributed by atoms with van der Waals surface area (Å²) in [5, 5.41) is 2.51. The zero-order valence-electron chi connectivity index (χ0n) is 18.0. The number of benzene rings is 2. The molecular formula is C21H25ClN2O7S. The topological polar surface area (TPSA) is 111 Å². The van der Waals surface area contributed by atoms with Crippen LogP contribution in [0.25, 0.3) is 0 Å². The van der Waals surface area contributed by atoms with E-state index in [1.165, 1.54) is 32.3 Å². The molecule has 0 fully saturated rings. The third-order valence-electron chi connectivity index (χ3n) is 4.19. The van der Waals surface area contributed by atoms with E-state index in [1.807, 2.05) is 0 Å².